The molecule has 3 rings (SSSR count). The van der Waals surface area contributed by atoms with Crippen molar-refractivity contribution >= 4 is 11.8 Å². The molecule has 0 radical (unpaired) electrons. The molecule has 2 aromatic rings. The maximum absolute atomic E-state index is 10.9. The lowest BCUT2D eigenvalue weighted by Crippen LogP contribution is -2.41. The first-order chi connectivity index (χ1) is 13.5. The molecule has 1 aromatic carbocycles. The zero-order chi connectivity index (χ0) is 19.9. The number of methoxy groups -OCH3 is 1. The van der Waals surface area contributed by atoms with Gasteiger partial charge in [0.2, 0.25) is 5.88 Å². The number of oxime groups is 1. The Morgan fingerprint density at radius 3 is 2.32 bits per heavy atom. The van der Waals surface area contributed by atoms with Gasteiger partial charge < -0.3 is 24.3 Å². The summed E-state index contributed by atoms with van der Waals surface area (Å²) in [4.78, 5) is 17.6. The Bertz CT molecular complexity index is 815. The van der Waals surface area contributed by atoms with Crippen LogP contribution in [0.15, 0.2) is 41.6 Å². The van der Waals surface area contributed by atoms with E-state index in [0.717, 1.165) is 11.3 Å². The molecule has 0 aliphatic carbocycles. The van der Waals surface area contributed by atoms with Crippen molar-refractivity contribution in [3.63, 3.8) is 0 Å². The van der Waals surface area contributed by atoms with E-state index in [2.05, 4.69) is 15.4 Å². The number of carboxylic acid groups (broad SMARTS) is 1. The van der Waals surface area contributed by atoms with Crippen LogP contribution < -0.4 is 14.3 Å². The lowest BCUT2D eigenvalue weighted by atomic mass is 10.1. The predicted molar refractivity (Wildman–Crippen MR) is 101 cm³/mol. The molecule has 2 heterocycles. The number of aromatic nitrogens is 2. The van der Waals surface area contributed by atoms with Gasteiger partial charge in [0.05, 0.1) is 12.8 Å². The van der Waals surface area contributed by atoms with Crippen molar-refractivity contribution in [3.05, 3.63) is 42.0 Å². The van der Waals surface area contributed by atoms with Crippen LogP contribution in [0.5, 0.6) is 17.5 Å². The minimum atomic E-state index is -0.898. The largest absolute Gasteiger partial charge is 0.497 e. The van der Waals surface area contributed by atoms with Gasteiger partial charge in [0.25, 0.3) is 5.88 Å². The molecule has 28 heavy (non-hydrogen) atoms. The molecule has 1 fully saturated rings. The molecular formula is C19H22N4O5. The zero-order valence-electron chi connectivity index (χ0n) is 15.7. The van der Waals surface area contributed by atoms with E-state index in [1.165, 1.54) is 4.90 Å². The van der Waals surface area contributed by atoms with E-state index in [0.29, 0.717) is 37.5 Å². The van der Waals surface area contributed by atoms with Crippen LogP contribution >= 0.6 is 0 Å². The van der Waals surface area contributed by atoms with Crippen LogP contribution in [0.4, 0.5) is 4.79 Å². The number of benzene rings is 1. The molecule has 1 amide bonds. The number of amides is 1. The number of likely N-dealkylation sites (tertiary alicyclic amines) is 1. The second kappa shape index (κ2) is 9.03. The second-order valence-electron chi connectivity index (χ2n) is 6.29. The van der Waals surface area contributed by atoms with Gasteiger partial charge >= 0.3 is 6.09 Å². The molecule has 9 heteroatoms. The van der Waals surface area contributed by atoms with Crippen molar-refractivity contribution in [1.29, 1.82) is 0 Å². The number of nitrogens with zero attached hydrogens (tertiary/aromatic N) is 4. The van der Waals surface area contributed by atoms with Gasteiger partial charge in [-0.1, -0.05) is 5.16 Å². The van der Waals surface area contributed by atoms with Crippen LogP contribution in [0.1, 0.15) is 25.3 Å². The first-order valence-corrected chi connectivity index (χ1v) is 8.89. The number of piperidine rings is 1. The van der Waals surface area contributed by atoms with Crippen molar-refractivity contribution in [1.82, 2.24) is 15.1 Å². The third-order valence-corrected chi connectivity index (χ3v) is 4.40. The second-order valence-corrected chi connectivity index (χ2v) is 6.29. The summed E-state index contributed by atoms with van der Waals surface area (Å²) < 4.78 is 10.9. The van der Waals surface area contributed by atoms with Crippen LogP contribution in [0.3, 0.4) is 0 Å². The van der Waals surface area contributed by atoms with Gasteiger partial charge in [0, 0.05) is 38.1 Å². The summed E-state index contributed by atoms with van der Waals surface area (Å²) in [6.07, 6.45) is 0.270. The number of hydrogen-bond acceptors (Lipinski definition) is 7. The summed E-state index contributed by atoms with van der Waals surface area (Å²) in [5.74, 6) is 1.39. The van der Waals surface area contributed by atoms with E-state index >= 15 is 0 Å². The van der Waals surface area contributed by atoms with Gasteiger partial charge in [0.1, 0.15) is 11.9 Å². The van der Waals surface area contributed by atoms with Crippen molar-refractivity contribution in [2.24, 2.45) is 5.16 Å². The normalized spacial score (nSPS) is 15.2. The van der Waals surface area contributed by atoms with Crippen LogP contribution in [0.2, 0.25) is 0 Å². The molecule has 0 unspecified atom stereocenters. The van der Waals surface area contributed by atoms with Crippen molar-refractivity contribution in [2.75, 3.05) is 20.2 Å². The maximum atomic E-state index is 10.9. The topological polar surface area (TPSA) is 106 Å². The molecular weight excluding hydrogens is 364 g/mol. The number of rotatable bonds is 6. The molecule has 9 nitrogen and oxygen atoms in total. The summed E-state index contributed by atoms with van der Waals surface area (Å²) in [6, 6.07) is 10.8. The van der Waals surface area contributed by atoms with E-state index in [9.17, 15) is 4.79 Å². The predicted octanol–water partition coefficient (Wildman–Crippen LogP) is 2.81. The van der Waals surface area contributed by atoms with E-state index in [4.69, 9.17) is 19.4 Å². The lowest BCUT2D eigenvalue weighted by molar-refractivity contribution is 0.0863. The number of hydrogen-bond donors (Lipinski definition) is 1. The van der Waals surface area contributed by atoms with Gasteiger partial charge in [0.15, 0.2) is 0 Å². The summed E-state index contributed by atoms with van der Waals surface area (Å²) in [7, 11) is 1.62. The maximum Gasteiger partial charge on any atom is 0.407 e. The molecule has 148 valence electrons. The Hall–Kier alpha value is -3.36. The molecule has 1 N–H and O–H groups in total. The van der Waals surface area contributed by atoms with Gasteiger partial charge in [-0.05, 0) is 36.8 Å². The smallest absolute Gasteiger partial charge is 0.407 e. The third-order valence-electron chi connectivity index (χ3n) is 4.40. The summed E-state index contributed by atoms with van der Waals surface area (Å²) >= 11 is 0. The van der Waals surface area contributed by atoms with E-state index in [-0.39, 0.29) is 12.0 Å². The Morgan fingerprint density at radius 2 is 1.75 bits per heavy atom. The van der Waals surface area contributed by atoms with Crippen LogP contribution in [0.25, 0.3) is 0 Å². The molecule has 1 aliphatic heterocycles. The van der Waals surface area contributed by atoms with Gasteiger partial charge in [-0.2, -0.15) is 0 Å². The number of carbonyl (C=O) groups is 1. The average Bonchev–Trinajstić information content (AvgIpc) is 2.73. The minimum Gasteiger partial charge on any atom is -0.497 e. The quantitative estimate of drug-likeness (QED) is 0.601. The van der Waals surface area contributed by atoms with E-state index in [1.807, 2.05) is 31.2 Å². The molecule has 1 aromatic heterocycles. The van der Waals surface area contributed by atoms with Gasteiger partial charge in [-0.15, -0.1) is 10.2 Å². The fourth-order valence-corrected chi connectivity index (χ4v) is 2.76. The van der Waals surface area contributed by atoms with Crippen molar-refractivity contribution in [3.8, 4) is 17.5 Å². The highest BCUT2D eigenvalue weighted by Crippen LogP contribution is 2.18. The van der Waals surface area contributed by atoms with Crippen molar-refractivity contribution < 1.29 is 24.2 Å². The first-order valence-electron chi connectivity index (χ1n) is 8.89. The molecule has 0 bridgehead atoms. The Balaban J connectivity index is 1.52. The monoisotopic (exact) mass is 386 g/mol. The van der Waals surface area contributed by atoms with Crippen LogP contribution in [-0.2, 0) is 0 Å². The molecule has 0 saturated carbocycles. The third kappa shape index (κ3) is 5.09. The molecule has 1 saturated heterocycles. The highest BCUT2D eigenvalue weighted by Gasteiger charge is 2.23. The highest BCUT2D eigenvalue weighted by atomic mass is 16.6. The molecule has 1 aliphatic rings. The van der Waals surface area contributed by atoms with E-state index in [1.54, 1.807) is 19.2 Å². The van der Waals surface area contributed by atoms with E-state index < -0.39 is 6.09 Å². The van der Waals surface area contributed by atoms with Crippen molar-refractivity contribution in [2.45, 2.75) is 25.9 Å². The van der Waals surface area contributed by atoms with Crippen LogP contribution in [-0.4, -0.2) is 58.3 Å². The van der Waals surface area contributed by atoms with Gasteiger partial charge in [-0.3, -0.25) is 0 Å². The fraction of sp³-hybridized carbons (Fsp3) is 0.368. The summed E-state index contributed by atoms with van der Waals surface area (Å²) in [5.41, 5.74) is 1.59. The Morgan fingerprint density at radius 1 is 1.11 bits per heavy atom. The molecule has 0 spiro atoms. The average molecular weight is 386 g/mol. The zero-order valence-corrected chi connectivity index (χ0v) is 15.7. The number of ether oxygens (including phenoxy) is 2. The fourth-order valence-electron chi connectivity index (χ4n) is 2.76. The Kier molecular flexibility index (Phi) is 6.25. The lowest BCUT2D eigenvalue weighted by Gasteiger charge is -2.29. The Labute approximate surface area is 162 Å². The highest BCUT2D eigenvalue weighted by molar-refractivity contribution is 5.98. The van der Waals surface area contributed by atoms with Gasteiger partial charge in [-0.25, -0.2) is 4.79 Å². The SMILES string of the molecule is COc1ccc(C(C)=NOc2ccc(OC3CCN(C(=O)O)CC3)nn2)cc1. The molecule has 0 atom stereocenters. The standard InChI is InChI=1S/C19H22N4O5/c1-13(14-3-5-15(26-2)6-4-14)22-28-18-8-7-17(20-21-18)27-16-9-11-23(12-10-16)19(24)25/h3-8,16H,9-12H2,1-2H3,(H,24,25). The first kappa shape index (κ1) is 19.4. The summed E-state index contributed by atoms with van der Waals surface area (Å²) in [6.45, 7) is 2.73. The minimum absolute atomic E-state index is 0.0768. The summed E-state index contributed by atoms with van der Waals surface area (Å²) in [5, 5.41) is 21.0. The van der Waals surface area contributed by atoms with Crippen LogP contribution in [0, 0.1) is 0 Å².